The Kier molecular flexibility index (Phi) is 9.20. The van der Waals surface area contributed by atoms with Crippen molar-refractivity contribution in [1.29, 1.82) is 0 Å². The van der Waals surface area contributed by atoms with E-state index in [1.807, 2.05) is 23.1 Å². The summed E-state index contributed by atoms with van der Waals surface area (Å²) in [5, 5.41) is 11.9. The zero-order valence-corrected chi connectivity index (χ0v) is 19.7. The second kappa shape index (κ2) is 11.4. The number of carbonyl (C=O) groups excluding carboxylic acids is 1. The first-order chi connectivity index (χ1) is 14.6. The minimum atomic E-state index is -0.985. The van der Waals surface area contributed by atoms with Crippen molar-refractivity contribution in [3.05, 3.63) is 30.3 Å². The summed E-state index contributed by atoms with van der Waals surface area (Å²) >= 11 is 0. The van der Waals surface area contributed by atoms with Crippen LogP contribution in [0.25, 0.3) is 0 Å². The highest BCUT2D eigenvalue weighted by atomic mass is 16.6. The van der Waals surface area contributed by atoms with Gasteiger partial charge in [-0.1, -0.05) is 71.6 Å². The minimum Gasteiger partial charge on any atom is -0.465 e. The van der Waals surface area contributed by atoms with Crippen LogP contribution in [0.4, 0.5) is 9.59 Å². The molecule has 2 rings (SSSR count). The van der Waals surface area contributed by atoms with E-state index < -0.39 is 6.09 Å². The molecule has 0 heterocycles. The first-order valence-corrected chi connectivity index (χ1v) is 11.6. The number of carbonyl (C=O) groups is 2. The Hall–Kier alpha value is -2.24. The number of rotatable bonds is 10. The fraction of sp³-hybridized carbons (Fsp3) is 0.680. The second-order valence-corrected chi connectivity index (χ2v) is 10.2. The highest BCUT2D eigenvalue weighted by Gasteiger charge is 2.43. The second-order valence-electron chi connectivity index (χ2n) is 10.2. The van der Waals surface area contributed by atoms with Crippen molar-refractivity contribution >= 4 is 12.2 Å². The third-order valence-corrected chi connectivity index (χ3v) is 6.08. The molecule has 0 aromatic heterocycles. The average Bonchev–Trinajstić information content (AvgIpc) is 2.65. The molecule has 2 atom stereocenters. The number of benzene rings is 1. The lowest BCUT2D eigenvalue weighted by Crippen LogP contribution is -2.51. The molecule has 0 aliphatic heterocycles. The third kappa shape index (κ3) is 8.80. The van der Waals surface area contributed by atoms with Crippen LogP contribution in [0.15, 0.2) is 30.3 Å². The number of nitrogens with one attached hydrogen (secondary N) is 1. The molecule has 0 radical (unpaired) electrons. The summed E-state index contributed by atoms with van der Waals surface area (Å²) in [6.07, 6.45) is 6.75. The Labute approximate surface area is 187 Å². The van der Waals surface area contributed by atoms with Crippen molar-refractivity contribution < 1.29 is 19.4 Å². The van der Waals surface area contributed by atoms with E-state index >= 15 is 0 Å². The lowest BCUT2D eigenvalue weighted by atomic mass is 9.62. The molecule has 0 bridgehead atoms. The molecule has 1 saturated carbocycles. The van der Waals surface area contributed by atoms with E-state index in [9.17, 15) is 14.7 Å². The number of nitrogens with zero attached hydrogens (tertiary/aromatic N) is 1. The number of ether oxygens (including phenoxy) is 1. The van der Waals surface area contributed by atoms with Gasteiger partial charge >= 0.3 is 12.2 Å². The summed E-state index contributed by atoms with van der Waals surface area (Å²) < 4.78 is 5.66. The van der Waals surface area contributed by atoms with Gasteiger partial charge in [-0.15, -0.1) is 0 Å². The fourth-order valence-corrected chi connectivity index (χ4v) is 5.29. The standard InChI is InChI=1S/C25H40N2O4/c1-5-6-7-8-12-15-27(23(30)31-21-13-10-9-11-14-21)19-25(4)17-20(26-22(28)29)16-24(2,3)18-25/h9-11,13-14,20,26H,5-8,12,15-19H2,1-4H3,(H,28,29). The quantitative estimate of drug-likeness (QED) is 0.425. The van der Waals surface area contributed by atoms with E-state index in [2.05, 4.69) is 33.0 Å². The van der Waals surface area contributed by atoms with Gasteiger partial charge in [-0.25, -0.2) is 9.59 Å². The molecule has 1 aliphatic carbocycles. The Morgan fingerprint density at radius 2 is 1.77 bits per heavy atom. The van der Waals surface area contributed by atoms with Crippen LogP contribution in [0.1, 0.15) is 79.1 Å². The maximum Gasteiger partial charge on any atom is 0.415 e. The predicted molar refractivity (Wildman–Crippen MR) is 123 cm³/mol. The van der Waals surface area contributed by atoms with E-state index in [-0.39, 0.29) is 23.0 Å². The van der Waals surface area contributed by atoms with Gasteiger partial charge in [-0.3, -0.25) is 0 Å². The Balaban J connectivity index is 2.11. The summed E-state index contributed by atoms with van der Waals surface area (Å²) in [4.78, 5) is 26.1. The smallest absolute Gasteiger partial charge is 0.415 e. The van der Waals surface area contributed by atoms with Crippen LogP contribution >= 0.6 is 0 Å². The zero-order chi connectivity index (χ0) is 22.9. The molecule has 31 heavy (non-hydrogen) atoms. The van der Waals surface area contributed by atoms with Crippen molar-refractivity contribution in [2.45, 2.75) is 85.1 Å². The molecule has 1 aromatic rings. The Morgan fingerprint density at radius 1 is 1.10 bits per heavy atom. The summed E-state index contributed by atoms with van der Waals surface area (Å²) in [5.74, 6) is 0.544. The number of unbranched alkanes of at least 4 members (excludes halogenated alkanes) is 4. The van der Waals surface area contributed by atoms with Crippen molar-refractivity contribution in [2.75, 3.05) is 13.1 Å². The Bertz CT molecular complexity index is 707. The molecular formula is C25H40N2O4. The molecule has 0 saturated heterocycles. The molecule has 2 N–H and O–H groups in total. The van der Waals surface area contributed by atoms with Gasteiger partial charge in [0.15, 0.2) is 0 Å². The van der Waals surface area contributed by atoms with E-state index in [1.165, 1.54) is 19.3 Å². The SMILES string of the molecule is CCCCCCCN(CC1(C)CC(NC(=O)O)CC(C)(C)C1)C(=O)Oc1ccccc1. The predicted octanol–water partition coefficient (Wildman–Crippen LogP) is 6.31. The fourth-order valence-electron chi connectivity index (χ4n) is 5.29. The zero-order valence-electron chi connectivity index (χ0n) is 19.7. The summed E-state index contributed by atoms with van der Waals surface area (Å²) in [7, 11) is 0. The molecule has 2 unspecified atom stereocenters. The first kappa shape index (κ1) is 25.0. The van der Waals surface area contributed by atoms with Crippen molar-refractivity contribution in [2.24, 2.45) is 10.8 Å². The molecule has 1 aliphatic rings. The summed E-state index contributed by atoms with van der Waals surface area (Å²) in [6.45, 7) is 9.94. The van der Waals surface area contributed by atoms with Crippen LogP contribution < -0.4 is 10.1 Å². The molecule has 174 valence electrons. The lowest BCUT2D eigenvalue weighted by molar-refractivity contribution is 0.0390. The van der Waals surface area contributed by atoms with E-state index in [0.29, 0.717) is 25.3 Å². The van der Waals surface area contributed by atoms with Crippen molar-refractivity contribution in [3.63, 3.8) is 0 Å². The largest absolute Gasteiger partial charge is 0.465 e. The van der Waals surface area contributed by atoms with Gasteiger partial charge < -0.3 is 20.1 Å². The summed E-state index contributed by atoms with van der Waals surface area (Å²) in [5.41, 5.74) is -0.190. The summed E-state index contributed by atoms with van der Waals surface area (Å²) in [6, 6.07) is 9.06. The van der Waals surface area contributed by atoms with E-state index in [4.69, 9.17) is 4.74 Å². The minimum absolute atomic E-state index is 0.00372. The monoisotopic (exact) mass is 432 g/mol. The van der Waals surface area contributed by atoms with Crippen LogP contribution in [-0.4, -0.2) is 41.3 Å². The first-order valence-electron chi connectivity index (χ1n) is 11.6. The Morgan fingerprint density at radius 3 is 2.42 bits per heavy atom. The van der Waals surface area contributed by atoms with Crippen molar-refractivity contribution in [1.82, 2.24) is 10.2 Å². The van der Waals surface area contributed by atoms with Gasteiger partial charge in [0.2, 0.25) is 0 Å². The molecule has 0 spiro atoms. The van der Waals surface area contributed by atoms with Crippen molar-refractivity contribution in [3.8, 4) is 5.75 Å². The number of hydrogen-bond acceptors (Lipinski definition) is 3. The lowest BCUT2D eigenvalue weighted by Gasteiger charge is -2.48. The topological polar surface area (TPSA) is 78.9 Å². The van der Waals surface area contributed by atoms with Gasteiger partial charge in [-0.2, -0.15) is 0 Å². The van der Waals surface area contributed by atoms with Crippen LogP contribution in [-0.2, 0) is 0 Å². The molecule has 6 heteroatoms. The van der Waals surface area contributed by atoms with Crippen LogP contribution in [0.3, 0.4) is 0 Å². The van der Waals surface area contributed by atoms with Gasteiger partial charge in [0, 0.05) is 19.1 Å². The number of carboxylic acid groups (broad SMARTS) is 1. The molecule has 1 aromatic carbocycles. The highest BCUT2D eigenvalue weighted by Crippen LogP contribution is 2.46. The number of amides is 2. The maximum absolute atomic E-state index is 13.1. The van der Waals surface area contributed by atoms with Gasteiger partial charge in [0.25, 0.3) is 0 Å². The van der Waals surface area contributed by atoms with Crippen LogP contribution in [0.5, 0.6) is 5.75 Å². The van der Waals surface area contributed by atoms with Crippen LogP contribution in [0, 0.1) is 10.8 Å². The number of para-hydroxylation sites is 1. The van der Waals surface area contributed by atoms with Crippen LogP contribution in [0.2, 0.25) is 0 Å². The molecular weight excluding hydrogens is 392 g/mol. The third-order valence-electron chi connectivity index (χ3n) is 6.08. The normalized spacial score (nSPS) is 22.5. The van der Waals surface area contributed by atoms with E-state index in [1.54, 1.807) is 12.1 Å². The van der Waals surface area contributed by atoms with Gasteiger partial charge in [-0.05, 0) is 48.6 Å². The van der Waals surface area contributed by atoms with Gasteiger partial charge in [0.1, 0.15) is 5.75 Å². The van der Waals surface area contributed by atoms with Gasteiger partial charge in [0.05, 0.1) is 0 Å². The molecule has 2 amide bonds. The molecule has 6 nitrogen and oxygen atoms in total. The maximum atomic E-state index is 13.1. The highest BCUT2D eigenvalue weighted by molar-refractivity contribution is 5.70. The average molecular weight is 433 g/mol. The van der Waals surface area contributed by atoms with E-state index in [0.717, 1.165) is 25.7 Å². The number of hydrogen-bond donors (Lipinski definition) is 2. The molecule has 1 fully saturated rings.